The number of para-hydroxylation sites is 1. The molecule has 2 rings (SSSR count). The number of fused-ring (bicyclic) bond motifs is 1. The number of rotatable bonds is 2. The van der Waals surface area contributed by atoms with Gasteiger partial charge >= 0.3 is 5.97 Å². The monoisotopic (exact) mass is 231 g/mol. The molecule has 17 heavy (non-hydrogen) atoms. The van der Waals surface area contributed by atoms with Gasteiger partial charge in [0.1, 0.15) is 17.0 Å². The zero-order valence-corrected chi connectivity index (χ0v) is 9.68. The molecule has 0 amide bonds. The first-order valence-electron chi connectivity index (χ1n) is 5.37. The third-order valence-corrected chi connectivity index (χ3v) is 2.25. The summed E-state index contributed by atoms with van der Waals surface area (Å²) < 4.78 is 5.04. The molecule has 1 N–H and O–H groups in total. The van der Waals surface area contributed by atoms with Crippen LogP contribution in [-0.2, 0) is 4.74 Å². The van der Waals surface area contributed by atoms with Gasteiger partial charge in [0.15, 0.2) is 0 Å². The van der Waals surface area contributed by atoms with E-state index in [4.69, 9.17) is 4.74 Å². The van der Waals surface area contributed by atoms with Gasteiger partial charge in [-0.2, -0.15) is 0 Å². The number of phenolic OH excluding ortho intramolecular Hbond substituents is 1. The van der Waals surface area contributed by atoms with Gasteiger partial charge in [-0.15, -0.1) is 0 Å². The first-order chi connectivity index (χ1) is 8.08. The van der Waals surface area contributed by atoms with Gasteiger partial charge in [-0.05, 0) is 26.0 Å². The predicted octanol–water partition coefficient (Wildman–Crippen LogP) is 2.51. The number of phenols is 1. The van der Waals surface area contributed by atoms with Crippen molar-refractivity contribution in [3.8, 4) is 5.75 Å². The highest BCUT2D eigenvalue weighted by atomic mass is 16.5. The molecule has 0 fully saturated rings. The Morgan fingerprint density at radius 2 is 2.06 bits per heavy atom. The Morgan fingerprint density at radius 1 is 1.29 bits per heavy atom. The summed E-state index contributed by atoms with van der Waals surface area (Å²) in [6.45, 7) is 3.55. The Morgan fingerprint density at radius 3 is 2.76 bits per heavy atom. The highest BCUT2D eigenvalue weighted by molar-refractivity contribution is 5.92. The van der Waals surface area contributed by atoms with Crippen LogP contribution in [0.3, 0.4) is 0 Å². The second-order valence-corrected chi connectivity index (χ2v) is 4.00. The number of aromatic nitrogens is 1. The number of pyridine rings is 1. The minimum absolute atomic E-state index is 0.0571. The predicted molar refractivity (Wildman–Crippen MR) is 64.0 cm³/mol. The maximum Gasteiger partial charge on any atom is 0.357 e. The van der Waals surface area contributed by atoms with Crippen LogP contribution in [0.5, 0.6) is 5.75 Å². The van der Waals surface area contributed by atoms with Crippen LogP contribution in [-0.4, -0.2) is 22.2 Å². The SMILES string of the molecule is CC(C)OC(=O)c1ccc2cccc(O)c2n1. The normalized spacial score (nSPS) is 10.8. The number of nitrogens with zero attached hydrogens (tertiary/aromatic N) is 1. The standard InChI is InChI=1S/C13H13NO3/c1-8(2)17-13(16)10-7-6-9-4-3-5-11(15)12(9)14-10/h3-8,15H,1-2H3. The van der Waals surface area contributed by atoms with Gasteiger partial charge in [0.2, 0.25) is 0 Å². The Hall–Kier alpha value is -2.10. The summed E-state index contributed by atoms with van der Waals surface area (Å²) in [7, 11) is 0. The van der Waals surface area contributed by atoms with Crippen LogP contribution < -0.4 is 0 Å². The number of benzene rings is 1. The Kier molecular flexibility index (Phi) is 2.95. The molecule has 0 saturated carbocycles. The Labute approximate surface area is 98.9 Å². The molecule has 1 aromatic carbocycles. The average molecular weight is 231 g/mol. The Balaban J connectivity index is 2.44. The summed E-state index contributed by atoms with van der Waals surface area (Å²) in [6.07, 6.45) is -0.190. The molecule has 88 valence electrons. The van der Waals surface area contributed by atoms with Gasteiger partial charge in [-0.3, -0.25) is 0 Å². The third kappa shape index (κ3) is 2.36. The average Bonchev–Trinajstić information content (AvgIpc) is 2.28. The van der Waals surface area contributed by atoms with Gasteiger partial charge in [-0.25, -0.2) is 9.78 Å². The summed E-state index contributed by atoms with van der Waals surface area (Å²) in [4.78, 5) is 15.7. The number of ether oxygens (including phenoxy) is 1. The summed E-state index contributed by atoms with van der Waals surface area (Å²) >= 11 is 0. The molecular weight excluding hydrogens is 218 g/mol. The minimum atomic E-state index is -0.481. The van der Waals surface area contributed by atoms with E-state index >= 15 is 0 Å². The van der Waals surface area contributed by atoms with E-state index in [0.29, 0.717) is 5.52 Å². The van der Waals surface area contributed by atoms with Crippen LogP contribution in [0.25, 0.3) is 10.9 Å². The van der Waals surface area contributed by atoms with Crippen molar-refractivity contribution in [2.75, 3.05) is 0 Å². The summed E-state index contributed by atoms with van der Waals surface area (Å²) in [5.74, 6) is -0.424. The maximum atomic E-state index is 11.6. The number of carbonyl (C=O) groups excluding carboxylic acids is 1. The highest BCUT2D eigenvalue weighted by Crippen LogP contribution is 2.22. The second-order valence-electron chi connectivity index (χ2n) is 4.00. The number of carbonyl (C=O) groups is 1. The number of hydrogen-bond acceptors (Lipinski definition) is 4. The van der Waals surface area contributed by atoms with Crippen LogP contribution in [0, 0.1) is 0 Å². The first-order valence-corrected chi connectivity index (χ1v) is 5.37. The minimum Gasteiger partial charge on any atom is -0.506 e. The molecule has 0 unspecified atom stereocenters. The van der Waals surface area contributed by atoms with E-state index in [1.165, 1.54) is 6.07 Å². The molecule has 1 heterocycles. The van der Waals surface area contributed by atoms with Gasteiger partial charge in [0.05, 0.1) is 6.10 Å². The van der Waals surface area contributed by atoms with Crippen LogP contribution in [0.15, 0.2) is 30.3 Å². The molecule has 4 heteroatoms. The third-order valence-electron chi connectivity index (χ3n) is 2.25. The highest BCUT2D eigenvalue weighted by Gasteiger charge is 2.12. The van der Waals surface area contributed by atoms with E-state index < -0.39 is 5.97 Å². The fourth-order valence-electron chi connectivity index (χ4n) is 1.52. The lowest BCUT2D eigenvalue weighted by atomic mass is 10.2. The van der Waals surface area contributed by atoms with E-state index in [-0.39, 0.29) is 17.5 Å². The molecule has 4 nitrogen and oxygen atoms in total. The smallest absolute Gasteiger partial charge is 0.357 e. The van der Waals surface area contributed by atoms with Crippen molar-refractivity contribution >= 4 is 16.9 Å². The second kappa shape index (κ2) is 4.41. The van der Waals surface area contributed by atoms with E-state index in [0.717, 1.165) is 5.39 Å². The fraction of sp³-hybridized carbons (Fsp3) is 0.231. The van der Waals surface area contributed by atoms with Gasteiger partial charge in [0.25, 0.3) is 0 Å². The lowest BCUT2D eigenvalue weighted by molar-refractivity contribution is 0.0371. The summed E-state index contributed by atoms with van der Waals surface area (Å²) in [5.41, 5.74) is 0.610. The zero-order chi connectivity index (χ0) is 12.4. The van der Waals surface area contributed by atoms with Crippen LogP contribution >= 0.6 is 0 Å². The lowest BCUT2D eigenvalue weighted by Gasteiger charge is -2.08. The van der Waals surface area contributed by atoms with Gasteiger partial charge in [-0.1, -0.05) is 18.2 Å². The summed E-state index contributed by atoms with van der Waals surface area (Å²) in [5, 5.41) is 10.4. The molecule has 0 bridgehead atoms. The van der Waals surface area contributed by atoms with E-state index in [9.17, 15) is 9.90 Å². The van der Waals surface area contributed by atoms with Crippen molar-refractivity contribution in [2.45, 2.75) is 20.0 Å². The summed E-state index contributed by atoms with van der Waals surface area (Å²) in [6, 6.07) is 8.41. The molecule has 0 aliphatic carbocycles. The lowest BCUT2D eigenvalue weighted by Crippen LogP contribution is -2.12. The van der Waals surface area contributed by atoms with E-state index in [2.05, 4.69) is 4.98 Å². The van der Waals surface area contributed by atoms with Gasteiger partial charge in [0, 0.05) is 5.39 Å². The first kappa shape index (κ1) is 11.4. The molecule has 0 aliphatic heterocycles. The fourth-order valence-corrected chi connectivity index (χ4v) is 1.52. The number of esters is 1. The molecule has 0 radical (unpaired) electrons. The molecule has 1 aromatic heterocycles. The molecule has 0 saturated heterocycles. The van der Waals surface area contributed by atoms with Gasteiger partial charge < -0.3 is 9.84 Å². The zero-order valence-electron chi connectivity index (χ0n) is 9.68. The molecule has 0 aliphatic rings. The molecular formula is C13H13NO3. The van der Waals surface area contributed by atoms with Crippen molar-refractivity contribution in [1.82, 2.24) is 4.98 Å². The van der Waals surface area contributed by atoms with Crippen LogP contribution in [0.4, 0.5) is 0 Å². The van der Waals surface area contributed by atoms with E-state index in [1.54, 1.807) is 32.0 Å². The van der Waals surface area contributed by atoms with Crippen molar-refractivity contribution in [2.24, 2.45) is 0 Å². The van der Waals surface area contributed by atoms with Crippen molar-refractivity contribution in [3.63, 3.8) is 0 Å². The van der Waals surface area contributed by atoms with Crippen molar-refractivity contribution < 1.29 is 14.6 Å². The van der Waals surface area contributed by atoms with E-state index in [1.807, 2.05) is 6.07 Å². The number of aromatic hydroxyl groups is 1. The van der Waals surface area contributed by atoms with Crippen molar-refractivity contribution in [1.29, 1.82) is 0 Å². The maximum absolute atomic E-state index is 11.6. The van der Waals surface area contributed by atoms with Crippen molar-refractivity contribution in [3.05, 3.63) is 36.0 Å². The Bertz CT molecular complexity index is 564. The number of hydrogen-bond donors (Lipinski definition) is 1. The largest absolute Gasteiger partial charge is 0.506 e. The van der Waals surface area contributed by atoms with Crippen LogP contribution in [0.2, 0.25) is 0 Å². The topological polar surface area (TPSA) is 59.4 Å². The quantitative estimate of drug-likeness (QED) is 0.807. The molecule has 0 spiro atoms. The molecule has 0 atom stereocenters. The molecule has 2 aromatic rings. The van der Waals surface area contributed by atoms with Crippen LogP contribution in [0.1, 0.15) is 24.3 Å².